The molecule has 1 N–H and O–H groups in total. The van der Waals surface area contributed by atoms with Crippen molar-refractivity contribution in [1.82, 2.24) is 5.32 Å². The van der Waals surface area contributed by atoms with Gasteiger partial charge in [-0.3, -0.25) is 0 Å². The molecule has 81 valence electrons. The van der Waals surface area contributed by atoms with Gasteiger partial charge in [0.05, 0.1) is 11.6 Å². The molecule has 0 amide bonds. The Morgan fingerprint density at radius 2 is 2.12 bits per heavy atom. The number of nitrogens with one attached hydrogen (secondary N) is 1. The van der Waals surface area contributed by atoms with Crippen LogP contribution in [-0.2, 0) is 17.6 Å². The molecule has 4 heteroatoms. The van der Waals surface area contributed by atoms with Crippen molar-refractivity contribution in [2.45, 2.75) is 18.9 Å². The number of fused-ring (bicyclic) bond motifs is 1. The molecule has 16 heavy (non-hydrogen) atoms. The van der Waals surface area contributed by atoms with Gasteiger partial charge in [-0.2, -0.15) is 5.26 Å². The zero-order chi connectivity index (χ0) is 12.0. The number of carbonyl (C=O) groups excluding carboxylic acids is 1. The van der Waals surface area contributed by atoms with Gasteiger partial charge < -0.3 is 5.32 Å². The van der Waals surface area contributed by atoms with Crippen molar-refractivity contribution >= 4 is 29.6 Å². The molecule has 1 aliphatic carbocycles. The Labute approximate surface area is 112 Å². The van der Waals surface area contributed by atoms with Gasteiger partial charge in [0.25, 0.3) is 0 Å². The zero-order valence-electron chi connectivity index (χ0n) is 9.16. The molecule has 0 spiro atoms. The summed E-state index contributed by atoms with van der Waals surface area (Å²) in [7, 11) is 1.99. The summed E-state index contributed by atoms with van der Waals surface area (Å²) in [6.45, 7) is 0. The van der Waals surface area contributed by atoms with Crippen LogP contribution in [0.3, 0.4) is 0 Å². The van der Waals surface area contributed by atoms with Crippen molar-refractivity contribution in [3.8, 4) is 6.07 Å². The molecule has 1 aromatic carbocycles. The summed E-state index contributed by atoms with van der Waals surface area (Å²) < 4.78 is 0.889. The number of rotatable bonds is 1. The summed E-state index contributed by atoms with van der Waals surface area (Å²) in [4.78, 5) is 8.87. The monoisotopic (exact) mass is 409 g/mol. The summed E-state index contributed by atoms with van der Waals surface area (Å²) in [5.74, 6) is 0. The maximum absolute atomic E-state index is 8.87. The van der Waals surface area contributed by atoms with Gasteiger partial charge in [0.1, 0.15) is 0 Å². The normalized spacial score (nSPS) is 16.7. The molecule has 0 aromatic heterocycles. The number of likely N-dealkylation sites (N-methyl/N-ethyl adjacent to an activating group) is 1. The topological polar surface area (TPSA) is 52.9 Å². The van der Waals surface area contributed by atoms with Crippen LogP contribution in [0.25, 0.3) is 0 Å². The number of hydrogen-bond donors (Lipinski definition) is 1. The SMILES string of the molecule is CNC1Cc2ccc(C#N)cc2C1.O=[CH][Pb]. The van der Waals surface area contributed by atoms with Crippen molar-refractivity contribution < 1.29 is 4.79 Å². The molecule has 1 aromatic rings. The molecule has 0 aliphatic heterocycles. The number of nitrogens with zero attached hydrogens (tertiary/aromatic N) is 1. The van der Waals surface area contributed by atoms with Gasteiger partial charge in [-0.25, -0.2) is 0 Å². The van der Waals surface area contributed by atoms with Crippen LogP contribution in [0.1, 0.15) is 16.7 Å². The van der Waals surface area contributed by atoms with Gasteiger partial charge in [0.2, 0.25) is 0 Å². The van der Waals surface area contributed by atoms with Crippen molar-refractivity contribution in [3.05, 3.63) is 34.9 Å². The van der Waals surface area contributed by atoms with E-state index in [4.69, 9.17) is 10.1 Å². The first-order valence-corrected chi connectivity index (χ1v) is 7.29. The molecule has 1 unspecified atom stereocenters. The summed E-state index contributed by atoms with van der Waals surface area (Å²) in [6, 6.07) is 8.71. The fraction of sp³-hybridized carbons (Fsp3) is 0.333. The molecule has 1 atom stereocenters. The van der Waals surface area contributed by atoms with Crippen LogP contribution in [0.5, 0.6) is 0 Å². The first-order chi connectivity index (χ1) is 7.74. The van der Waals surface area contributed by atoms with E-state index in [0.717, 1.165) is 22.3 Å². The standard InChI is InChI=1S/C11H12N2.CHO.Pb/c1-13-11-5-9-3-2-8(7-12)4-10(9)6-11;1-2;/h2-4,11,13H,5-6H2,1H3;1H;. The summed E-state index contributed by atoms with van der Waals surface area (Å²) in [5, 5.41) is 12.0. The third kappa shape index (κ3) is 3.39. The fourth-order valence-corrected chi connectivity index (χ4v) is 1.89. The molecule has 0 fully saturated rings. The van der Waals surface area contributed by atoms with Crippen LogP contribution in [0, 0.1) is 11.3 Å². The van der Waals surface area contributed by atoms with E-state index in [-0.39, 0.29) is 0 Å². The second-order valence-electron chi connectivity index (χ2n) is 3.61. The van der Waals surface area contributed by atoms with Crippen LogP contribution in [-0.4, -0.2) is 42.7 Å². The van der Waals surface area contributed by atoms with E-state index in [1.807, 2.05) is 19.2 Å². The van der Waals surface area contributed by atoms with Gasteiger partial charge in [0, 0.05) is 6.04 Å². The first-order valence-electron chi connectivity index (χ1n) is 5.05. The van der Waals surface area contributed by atoms with Crippen LogP contribution in [0.4, 0.5) is 0 Å². The molecule has 0 bridgehead atoms. The van der Waals surface area contributed by atoms with E-state index in [2.05, 4.69) is 17.5 Å². The van der Waals surface area contributed by atoms with Gasteiger partial charge >= 0.3 is 34.4 Å². The van der Waals surface area contributed by atoms with E-state index in [0.29, 0.717) is 31.8 Å². The molecule has 1 aliphatic rings. The van der Waals surface area contributed by atoms with Crippen LogP contribution < -0.4 is 5.32 Å². The molecular weight excluding hydrogens is 395 g/mol. The predicted molar refractivity (Wildman–Crippen MR) is 63.9 cm³/mol. The Balaban J connectivity index is 0.000000386. The Morgan fingerprint density at radius 1 is 1.50 bits per heavy atom. The van der Waals surface area contributed by atoms with Crippen molar-refractivity contribution in [3.63, 3.8) is 0 Å². The second-order valence-corrected chi connectivity index (χ2v) is 4.52. The third-order valence-corrected chi connectivity index (χ3v) is 2.68. The van der Waals surface area contributed by atoms with Gasteiger partial charge in [0.15, 0.2) is 0 Å². The molecular formula is C12H13N2OPb. The van der Waals surface area contributed by atoms with E-state index in [9.17, 15) is 0 Å². The molecule has 0 saturated heterocycles. The predicted octanol–water partition coefficient (Wildman–Crippen LogP) is 0.590. The molecule has 2 rings (SSSR count). The number of carbonyl (C=O) groups is 1. The Hall–Kier alpha value is -0.738. The first kappa shape index (κ1) is 13.3. The van der Waals surface area contributed by atoms with Crippen LogP contribution in [0.15, 0.2) is 18.2 Å². The minimum absolute atomic E-state index is 0.559. The van der Waals surface area contributed by atoms with E-state index in [1.165, 1.54) is 11.1 Å². The van der Waals surface area contributed by atoms with Crippen LogP contribution >= 0.6 is 0 Å². The van der Waals surface area contributed by atoms with Crippen molar-refractivity contribution in [2.75, 3.05) is 7.05 Å². The number of benzene rings is 1. The maximum atomic E-state index is 8.87. The zero-order valence-corrected chi connectivity index (χ0v) is 13.0. The molecule has 3 radical (unpaired) electrons. The van der Waals surface area contributed by atoms with Crippen molar-refractivity contribution in [2.24, 2.45) is 0 Å². The fourth-order valence-electron chi connectivity index (χ4n) is 1.89. The Bertz CT molecular complexity index is 412. The average Bonchev–Trinajstić information content (AvgIpc) is 2.71. The minimum atomic E-state index is 0.559. The molecule has 3 nitrogen and oxygen atoms in total. The molecule has 0 saturated carbocycles. The average molecular weight is 408 g/mol. The molecule has 0 heterocycles. The number of hydrogen-bond acceptors (Lipinski definition) is 3. The van der Waals surface area contributed by atoms with Gasteiger partial charge in [-0.1, -0.05) is 6.07 Å². The summed E-state index contributed by atoms with van der Waals surface area (Å²) >= 11 is 0.688. The quantitative estimate of drug-likeness (QED) is 0.547. The van der Waals surface area contributed by atoms with Crippen LogP contribution in [0.2, 0.25) is 0 Å². The Kier molecular flexibility index (Phi) is 5.63. The second kappa shape index (κ2) is 6.76. The van der Waals surface area contributed by atoms with E-state index in [1.54, 1.807) is 0 Å². The van der Waals surface area contributed by atoms with Crippen molar-refractivity contribution in [1.29, 1.82) is 5.26 Å². The van der Waals surface area contributed by atoms with E-state index >= 15 is 0 Å². The summed E-state index contributed by atoms with van der Waals surface area (Å²) in [6.07, 6.45) is 2.15. The summed E-state index contributed by atoms with van der Waals surface area (Å²) in [5.41, 5.74) is 3.49. The third-order valence-electron chi connectivity index (χ3n) is 2.68. The Morgan fingerprint density at radius 3 is 2.69 bits per heavy atom. The number of nitriles is 1. The van der Waals surface area contributed by atoms with Gasteiger partial charge in [-0.05, 0) is 43.1 Å². The van der Waals surface area contributed by atoms with Gasteiger partial charge in [-0.15, -0.1) is 0 Å². The van der Waals surface area contributed by atoms with E-state index < -0.39 is 0 Å².